The van der Waals surface area contributed by atoms with Crippen molar-refractivity contribution < 1.29 is 4.79 Å². The van der Waals surface area contributed by atoms with Crippen molar-refractivity contribution in [3.63, 3.8) is 0 Å². The fraction of sp³-hybridized carbons (Fsp3) is 0.667. The van der Waals surface area contributed by atoms with Crippen molar-refractivity contribution in [2.24, 2.45) is 10.9 Å². The SMILES string of the molecule is CCNC(=NCCCN(C)Cc1ccccc1)NC1CCN(C(=O)C2CCCC2)C1. The lowest BCUT2D eigenvalue weighted by Crippen LogP contribution is -2.45. The molecule has 166 valence electrons. The van der Waals surface area contributed by atoms with Gasteiger partial charge in [0.1, 0.15) is 0 Å². The Balaban J connectivity index is 1.39. The van der Waals surface area contributed by atoms with Crippen LogP contribution in [-0.4, -0.2) is 67.5 Å². The van der Waals surface area contributed by atoms with Gasteiger partial charge in [0, 0.05) is 44.7 Å². The predicted molar refractivity (Wildman–Crippen MR) is 123 cm³/mol. The average Bonchev–Trinajstić information content (AvgIpc) is 3.44. The Bertz CT molecular complexity index is 671. The summed E-state index contributed by atoms with van der Waals surface area (Å²) in [5.41, 5.74) is 1.34. The van der Waals surface area contributed by atoms with E-state index in [0.29, 0.717) is 11.9 Å². The third kappa shape index (κ3) is 7.01. The summed E-state index contributed by atoms with van der Waals surface area (Å²) in [4.78, 5) is 21.8. The van der Waals surface area contributed by atoms with E-state index in [1.807, 2.05) is 0 Å². The van der Waals surface area contributed by atoms with Gasteiger partial charge in [0.2, 0.25) is 5.91 Å². The highest BCUT2D eigenvalue weighted by Crippen LogP contribution is 2.27. The van der Waals surface area contributed by atoms with Crippen LogP contribution in [-0.2, 0) is 11.3 Å². The number of carbonyl (C=O) groups excluding carboxylic acids is 1. The van der Waals surface area contributed by atoms with Crippen LogP contribution < -0.4 is 10.6 Å². The van der Waals surface area contributed by atoms with Gasteiger partial charge >= 0.3 is 0 Å². The second-order valence-corrected chi connectivity index (χ2v) is 8.73. The molecular weight excluding hydrogens is 374 g/mol. The van der Waals surface area contributed by atoms with Crippen LogP contribution in [0.25, 0.3) is 0 Å². The van der Waals surface area contributed by atoms with E-state index in [4.69, 9.17) is 4.99 Å². The number of nitrogens with zero attached hydrogens (tertiary/aromatic N) is 3. The van der Waals surface area contributed by atoms with Crippen molar-refractivity contribution in [3.05, 3.63) is 35.9 Å². The largest absolute Gasteiger partial charge is 0.357 e. The molecule has 1 aliphatic heterocycles. The van der Waals surface area contributed by atoms with E-state index in [1.54, 1.807) is 0 Å². The number of guanidine groups is 1. The van der Waals surface area contributed by atoms with Crippen molar-refractivity contribution in [1.82, 2.24) is 20.4 Å². The Morgan fingerprint density at radius 2 is 1.97 bits per heavy atom. The van der Waals surface area contributed by atoms with Crippen molar-refractivity contribution in [2.75, 3.05) is 39.8 Å². The van der Waals surface area contributed by atoms with E-state index in [1.165, 1.54) is 18.4 Å². The molecule has 30 heavy (non-hydrogen) atoms. The lowest BCUT2D eigenvalue weighted by atomic mass is 10.1. The minimum atomic E-state index is 0.276. The molecule has 3 rings (SSSR count). The number of rotatable bonds is 9. The van der Waals surface area contributed by atoms with E-state index in [2.05, 4.69) is 64.7 Å². The Hall–Kier alpha value is -2.08. The minimum Gasteiger partial charge on any atom is -0.357 e. The van der Waals surface area contributed by atoms with E-state index in [9.17, 15) is 4.79 Å². The number of aliphatic imine (C=N–C) groups is 1. The molecule has 1 unspecified atom stereocenters. The molecule has 6 nitrogen and oxygen atoms in total. The van der Waals surface area contributed by atoms with Gasteiger partial charge in [-0.25, -0.2) is 0 Å². The summed E-state index contributed by atoms with van der Waals surface area (Å²) < 4.78 is 0. The quantitative estimate of drug-likeness (QED) is 0.371. The molecular formula is C24H39N5O. The molecule has 6 heteroatoms. The first kappa shape index (κ1) is 22.6. The number of nitrogens with one attached hydrogen (secondary N) is 2. The normalized spacial score (nSPS) is 20.2. The number of benzene rings is 1. The molecule has 2 N–H and O–H groups in total. The molecule has 1 aliphatic carbocycles. The first-order valence-corrected chi connectivity index (χ1v) is 11.7. The summed E-state index contributed by atoms with van der Waals surface area (Å²) in [6.45, 7) is 7.40. The summed E-state index contributed by atoms with van der Waals surface area (Å²) >= 11 is 0. The topological polar surface area (TPSA) is 60.0 Å². The van der Waals surface area contributed by atoms with Crippen LogP contribution in [0.5, 0.6) is 0 Å². The van der Waals surface area contributed by atoms with Gasteiger partial charge in [-0.1, -0.05) is 43.2 Å². The molecule has 0 radical (unpaired) electrons. The van der Waals surface area contributed by atoms with Gasteiger partial charge in [-0.15, -0.1) is 0 Å². The highest BCUT2D eigenvalue weighted by Gasteiger charge is 2.32. The van der Waals surface area contributed by atoms with Crippen LogP contribution in [0.2, 0.25) is 0 Å². The van der Waals surface area contributed by atoms with Crippen LogP contribution in [0, 0.1) is 5.92 Å². The van der Waals surface area contributed by atoms with Crippen LogP contribution in [0.4, 0.5) is 0 Å². The van der Waals surface area contributed by atoms with E-state index < -0.39 is 0 Å². The molecule has 0 spiro atoms. The Morgan fingerprint density at radius 3 is 2.70 bits per heavy atom. The highest BCUT2D eigenvalue weighted by molar-refractivity contribution is 5.81. The standard InChI is InChI=1S/C24H39N5O/c1-3-25-24(26-15-9-16-28(2)18-20-10-5-4-6-11-20)27-22-14-17-29(19-22)23(30)21-12-7-8-13-21/h4-6,10-11,21-22H,3,7-9,12-19H2,1-2H3,(H2,25,26,27). The highest BCUT2D eigenvalue weighted by atomic mass is 16.2. The van der Waals surface area contributed by atoms with Crippen LogP contribution in [0.1, 0.15) is 51.0 Å². The summed E-state index contributed by atoms with van der Waals surface area (Å²) in [6, 6.07) is 10.9. The summed E-state index contributed by atoms with van der Waals surface area (Å²) in [7, 11) is 2.16. The lowest BCUT2D eigenvalue weighted by Gasteiger charge is -2.21. The van der Waals surface area contributed by atoms with Crippen LogP contribution >= 0.6 is 0 Å². The fourth-order valence-corrected chi connectivity index (χ4v) is 4.53. The van der Waals surface area contributed by atoms with Gasteiger partial charge in [-0.05, 0) is 51.8 Å². The average molecular weight is 414 g/mol. The van der Waals surface area contributed by atoms with E-state index >= 15 is 0 Å². The zero-order chi connectivity index (χ0) is 21.2. The van der Waals surface area contributed by atoms with Crippen molar-refractivity contribution >= 4 is 11.9 Å². The van der Waals surface area contributed by atoms with Gasteiger partial charge in [-0.2, -0.15) is 0 Å². The summed E-state index contributed by atoms with van der Waals surface area (Å²) in [5.74, 6) is 1.53. The van der Waals surface area contributed by atoms with Gasteiger partial charge < -0.3 is 20.4 Å². The molecule has 2 aliphatic rings. The second kappa shape index (κ2) is 11.9. The number of hydrogen-bond donors (Lipinski definition) is 2. The monoisotopic (exact) mass is 413 g/mol. The molecule has 1 atom stereocenters. The molecule has 1 saturated heterocycles. The third-order valence-corrected chi connectivity index (χ3v) is 6.15. The van der Waals surface area contributed by atoms with Crippen molar-refractivity contribution in [3.8, 4) is 0 Å². The molecule has 1 aromatic carbocycles. The zero-order valence-electron chi connectivity index (χ0n) is 18.8. The third-order valence-electron chi connectivity index (χ3n) is 6.15. The molecule has 1 amide bonds. The fourth-order valence-electron chi connectivity index (χ4n) is 4.53. The first-order valence-electron chi connectivity index (χ1n) is 11.7. The molecule has 1 aromatic rings. The molecule has 0 aromatic heterocycles. The maximum absolute atomic E-state index is 12.7. The molecule has 0 bridgehead atoms. The summed E-state index contributed by atoms with van der Waals surface area (Å²) in [5, 5.41) is 6.91. The van der Waals surface area contributed by atoms with Gasteiger partial charge in [-0.3, -0.25) is 9.79 Å². The van der Waals surface area contributed by atoms with Crippen LogP contribution in [0.3, 0.4) is 0 Å². The Kier molecular flexibility index (Phi) is 9.00. The molecule has 1 heterocycles. The molecule has 2 fully saturated rings. The number of likely N-dealkylation sites (tertiary alicyclic amines) is 1. The van der Waals surface area contributed by atoms with E-state index in [0.717, 1.165) is 70.9 Å². The first-order chi connectivity index (χ1) is 14.7. The van der Waals surface area contributed by atoms with E-state index in [-0.39, 0.29) is 5.92 Å². The smallest absolute Gasteiger partial charge is 0.225 e. The number of amides is 1. The Labute approximate surface area is 182 Å². The van der Waals surface area contributed by atoms with Crippen molar-refractivity contribution in [2.45, 2.75) is 58.0 Å². The predicted octanol–water partition coefficient (Wildman–Crippen LogP) is 2.85. The minimum absolute atomic E-state index is 0.276. The Morgan fingerprint density at radius 1 is 1.20 bits per heavy atom. The van der Waals surface area contributed by atoms with Crippen molar-refractivity contribution in [1.29, 1.82) is 0 Å². The van der Waals surface area contributed by atoms with Crippen LogP contribution in [0.15, 0.2) is 35.3 Å². The maximum Gasteiger partial charge on any atom is 0.225 e. The maximum atomic E-state index is 12.7. The second-order valence-electron chi connectivity index (χ2n) is 8.73. The van der Waals surface area contributed by atoms with Gasteiger partial charge in [0.15, 0.2) is 5.96 Å². The number of carbonyl (C=O) groups is 1. The van der Waals surface area contributed by atoms with Gasteiger partial charge in [0.25, 0.3) is 0 Å². The molecule has 1 saturated carbocycles. The van der Waals surface area contributed by atoms with Gasteiger partial charge in [0.05, 0.1) is 0 Å². The number of hydrogen-bond acceptors (Lipinski definition) is 3. The lowest BCUT2D eigenvalue weighted by molar-refractivity contribution is -0.134. The zero-order valence-corrected chi connectivity index (χ0v) is 18.8. The summed E-state index contributed by atoms with van der Waals surface area (Å²) in [6.07, 6.45) is 6.61.